The van der Waals surface area contributed by atoms with E-state index in [1.165, 1.54) is 38.5 Å². The molecular formula is C22H32O4. The second-order valence-electron chi connectivity index (χ2n) is 9.30. The van der Waals surface area contributed by atoms with Crippen molar-refractivity contribution in [2.45, 2.75) is 77.2 Å². The van der Waals surface area contributed by atoms with Crippen molar-refractivity contribution in [3.05, 3.63) is 12.2 Å². The van der Waals surface area contributed by atoms with Crippen molar-refractivity contribution in [2.24, 2.45) is 29.1 Å². The predicted molar refractivity (Wildman–Crippen MR) is 98.2 cm³/mol. The van der Waals surface area contributed by atoms with E-state index in [2.05, 4.69) is 6.58 Å². The minimum Gasteiger partial charge on any atom is -0.465 e. The molecular weight excluding hydrogens is 328 g/mol. The lowest BCUT2D eigenvalue weighted by atomic mass is 9.73. The van der Waals surface area contributed by atoms with Gasteiger partial charge in [-0.3, -0.25) is 4.79 Å². The molecule has 1 saturated heterocycles. The van der Waals surface area contributed by atoms with E-state index in [0.717, 1.165) is 31.6 Å². The van der Waals surface area contributed by atoms with Gasteiger partial charge in [-0.05, 0) is 63.2 Å². The summed E-state index contributed by atoms with van der Waals surface area (Å²) in [5.41, 5.74) is 0.370. The van der Waals surface area contributed by atoms with Gasteiger partial charge in [0.2, 0.25) is 0 Å². The minimum atomic E-state index is -0.230. The van der Waals surface area contributed by atoms with Crippen LogP contribution in [0.25, 0.3) is 0 Å². The minimum absolute atomic E-state index is 0.0853. The highest BCUT2D eigenvalue weighted by atomic mass is 16.5. The monoisotopic (exact) mass is 360 g/mol. The maximum Gasteiger partial charge on any atom is 0.333 e. The summed E-state index contributed by atoms with van der Waals surface area (Å²) in [7, 11) is 0. The smallest absolute Gasteiger partial charge is 0.333 e. The van der Waals surface area contributed by atoms with E-state index in [4.69, 9.17) is 9.47 Å². The molecule has 0 aromatic rings. The molecule has 0 amide bonds. The fourth-order valence-corrected chi connectivity index (χ4v) is 6.33. The molecule has 1 aliphatic heterocycles. The van der Waals surface area contributed by atoms with Gasteiger partial charge in [0.25, 0.3) is 0 Å². The highest BCUT2D eigenvalue weighted by Gasteiger charge is 2.53. The summed E-state index contributed by atoms with van der Waals surface area (Å²) < 4.78 is 11.1. The fourth-order valence-electron chi connectivity index (χ4n) is 6.33. The van der Waals surface area contributed by atoms with E-state index in [0.29, 0.717) is 29.9 Å². The van der Waals surface area contributed by atoms with Crippen molar-refractivity contribution >= 4 is 11.9 Å². The predicted octanol–water partition coefficient (Wildman–Crippen LogP) is 4.42. The SMILES string of the molecule is C=C(C)C(=O)OC1CC2CC1CC2CCCC1COC(=O)C12CCCC2. The van der Waals surface area contributed by atoms with Crippen LogP contribution in [-0.2, 0) is 19.1 Å². The molecule has 3 saturated carbocycles. The van der Waals surface area contributed by atoms with Crippen molar-refractivity contribution < 1.29 is 19.1 Å². The standard InChI is InChI=1S/C22H32O4/c1-14(2)20(23)26-19-12-16-11-17(19)10-15(16)6-5-7-18-13-25-21(24)22(18)8-3-4-9-22/h15-19H,1,3-13H2,2H3. The zero-order chi connectivity index (χ0) is 18.3. The molecule has 4 aliphatic rings. The van der Waals surface area contributed by atoms with Gasteiger partial charge in [-0.2, -0.15) is 0 Å². The average Bonchev–Trinajstić information content (AvgIpc) is 3.37. The second kappa shape index (κ2) is 7.01. The summed E-state index contributed by atoms with van der Waals surface area (Å²) in [4.78, 5) is 24.0. The van der Waals surface area contributed by atoms with Crippen molar-refractivity contribution in [1.29, 1.82) is 0 Å². The summed E-state index contributed by atoms with van der Waals surface area (Å²) in [6.07, 6.45) is 11.6. The van der Waals surface area contributed by atoms with Crippen LogP contribution >= 0.6 is 0 Å². The van der Waals surface area contributed by atoms with Crippen LogP contribution < -0.4 is 0 Å². The molecule has 5 atom stereocenters. The molecule has 4 fully saturated rings. The first kappa shape index (κ1) is 18.1. The molecule has 0 aromatic heterocycles. The normalized spacial score (nSPS) is 37.3. The second-order valence-corrected chi connectivity index (χ2v) is 9.30. The van der Waals surface area contributed by atoms with Crippen molar-refractivity contribution in [2.75, 3.05) is 6.61 Å². The van der Waals surface area contributed by atoms with Crippen molar-refractivity contribution in [3.63, 3.8) is 0 Å². The first-order chi connectivity index (χ1) is 12.5. The number of fused-ring (bicyclic) bond motifs is 2. The van der Waals surface area contributed by atoms with E-state index in [1.807, 2.05) is 0 Å². The van der Waals surface area contributed by atoms with E-state index in [9.17, 15) is 9.59 Å². The average molecular weight is 360 g/mol. The maximum absolute atomic E-state index is 12.2. The molecule has 3 aliphatic carbocycles. The van der Waals surface area contributed by atoms with Gasteiger partial charge in [0.1, 0.15) is 6.10 Å². The number of carbonyl (C=O) groups excluding carboxylic acids is 2. The molecule has 4 heteroatoms. The molecule has 2 bridgehead atoms. The lowest BCUT2D eigenvalue weighted by molar-refractivity contribution is -0.147. The number of cyclic esters (lactones) is 1. The van der Waals surface area contributed by atoms with Crippen LogP contribution in [0.2, 0.25) is 0 Å². The molecule has 0 aromatic carbocycles. The molecule has 0 N–H and O–H groups in total. The molecule has 4 nitrogen and oxygen atoms in total. The fraction of sp³-hybridized carbons (Fsp3) is 0.818. The molecule has 1 heterocycles. The Morgan fingerprint density at radius 2 is 1.96 bits per heavy atom. The zero-order valence-corrected chi connectivity index (χ0v) is 16.0. The molecule has 5 unspecified atom stereocenters. The Morgan fingerprint density at radius 1 is 1.19 bits per heavy atom. The van der Waals surface area contributed by atoms with Gasteiger partial charge < -0.3 is 9.47 Å². The molecule has 1 spiro atoms. The third-order valence-electron chi connectivity index (χ3n) is 7.77. The van der Waals surface area contributed by atoms with Gasteiger partial charge in [0, 0.05) is 11.5 Å². The number of carbonyl (C=O) groups is 2. The van der Waals surface area contributed by atoms with E-state index >= 15 is 0 Å². The van der Waals surface area contributed by atoms with Crippen LogP contribution in [0.5, 0.6) is 0 Å². The Kier molecular flexibility index (Phi) is 4.87. The quantitative estimate of drug-likeness (QED) is 0.519. The third-order valence-corrected chi connectivity index (χ3v) is 7.77. The first-order valence-electron chi connectivity index (χ1n) is 10.5. The van der Waals surface area contributed by atoms with Gasteiger partial charge in [-0.15, -0.1) is 0 Å². The summed E-state index contributed by atoms with van der Waals surface area (Å²) >= 11 is 0. The highest BCUT2D eigenvalue weighted by Crippen LogP contribution is 2.53. The van der Waals surface area contributed by atoms with E-state index in [1.54, 1.807) is 6.92 Å². The number of hydrogen-bond donors (Lipinski definition) is 0. The molecule has 144 valence electrons. The topological polar surface area (TPSA) is 52.6 Å². The lowest BCUT2D eigenvalue weighted by Gasteiger charge is -2.29. The molecule has 0 radical (unpaired) electrons. The third kappa shape index (κ3) is 3.10. The van der Waals surface area contributed by atoms with Gasteiger partial charge in [-0.1, -0.05) is 32.3 Å². The van der Waals surface area contributed by atoms with Crippen molar-refractivity contribution in [1.82, 2.24) is 0 Å². The number of rotatable bonds is 6. The van der Waals surface area contributed by atoms with Crippen LogP contribution in [0.1, 0.15) is 71.1 Å². The van der Waals surface area contributed by atoms with E-state index in [-0.39, 0.29) is 23.5 Å². The van der Waals surface area contributed by atoms with E-state index < -0.39 is 0 Å². The summed E-state index contributed by atoms with van der Waals surface area (Å²) in [5.74, 6) is 2.34. The summed E-state index contributed by atoms with van der Waals surface area (Å²) in [6.45, 7) is 6.04. The van der Waals surface area contributed by atoms with Crippen molar-refractivity contribution in [3.8, 4) is 0 Å². The Morgan fingerprint density at radius 3 is 2.62 bits per heavy atom. The summed E-state index contributed by atoms with van der Waals surface area (Å²) in [6, 6.07) is 0. The lowest BCUT2D eigenvalue weighted by Crippen LogP contribution is -2.30. The maximum atomic E-state index is 12.2. The summed E-state index contributed by atoms with van der Waals surface area (Å²) in [5, 5.41) is 0. The molecule has 4 rings (SSSR count). The zero-order valence-electron chi connectivity index (χ0n) is 16.0. The Hall–Kier alpha value is -1.32. The Bertz CT molecular complexity index is 589. The van der Waals surface area contributed by atoms with Crippen LogP contribution in [0.4, 0.5) is 0 Å². The molecule has 26 heavy (non-hydrogen) atoms. The number of hydrogen-bond acceptors (Lipinski definition) is 4. The number of ether oxygens (including phenoxy) is 2. The van der Waals surface area contributed by atoms with Gasteiger partial charge in [0.05, 0.1) is 12.0 Å². The van der Waals surface area contributed by atoms with Gasteiger partial charge in [0.15, 0.2) is 0 Å². The largest absolute Gasteiger partial charge is 0.465 e. The first-order valence-corrected chi connectivity index (χ1v) is 10.5. The van der Waals surface area contributed by atoms with Crippen LogP contribution in [0.3, 0.4) is 0 Å². The van der Waals surface area contributed by atoms with Gasteiger partial charge >= 0.3 is 11.9 Å². The van der Waals surface area contributed by atoms with Crippen LogP contribution in [0.15, 0.2) is 12.2 Å². The Labute approximate surface area is 156 Å². The number of esters is 2. The Balaban J connectivity index is 1.23. The van der Waals surface area contributed by atoms with Crippen LogP contribution in [-0.4, -0.2) is 24.6 Å². The van der Waals surface area contributed by atoms with Gasteiger partial charge in [-0.25, -0.2) is 4.79 Å². The van der Waals surface area contributed by atoms with Crippen LogP contribution in [0, 0.1) is 29.1 Å². The highest BCUT2D eigenvalue weighted by molar-refractivity contribution is 5.87.